The molecule has 0 fully saturated rings. The molecule has 1 atom stereocenters. The molecule has 1 aromatic rings. The molecule has 1 rings (SSSR count). The second-order valence-electron chi connectivity index (χ2n) is 11.3. The summed E-state index contributed by atoms with van der Waals surface area (Å²) in [4.78, 5) is 18.3. The molecule has 0 heterocycles. The first-order valence-electron chi connectivity index (χ1n) is 15.8. The Bertz CT molecular complexity index is 850. The zero-order chi connectivity index (χ0) is 29.5. The summed E-state index contributed by atoms with van der Waals surface area (Å²) in [5.74, 6) is 0.509. The number of nitriles is 1. The lowest BCUT2D eigenvalue weighted by atomic mass is 10.0. The van der Waals surface area contributed by atoms with E-state index in [2.05, 4.69) is 13.0 Å². The van der Waals surface area contributed by atoms with Crippen molar-refractivity contribution < 1.29 is 28.3 Å². The third kappa shape index (κ3) is 20.5. The van der Waals surface area contributed by atoms with Gasteiger partial charge in [-0.2, -0.15) is 5.26 Å². The summed E-state index contributed by atoms with van der Waals surface area (Å²) in [5, 5.41) is 9.31. The van der Waals surface area contributed by atoms with E-state index in [0.29, 0.717) is 17.7 Å². The molecule has 7 nitrogen and oxygen atoms in total. The SMILES string of the molecule is CCCCCCCCCCCCCCCCCCC[C@H](COP(=O)(O)O)OCc1ccc(C#N)c(OC(C)C)c1. The zero-order valence-corrected chi connectivity index (χ0v) is 26.3. The van der Waals surface area contributed by atoms with Gasteiger partial charge in [-0.15, -0.1) is 0 Å². The van der Waals surface area contributed by atoms with E-state index < -0.39 is 13.9 Å². The maximum atomic E-state index is 11.2. The minimum absolute atomic E-state index is 0.0626. The van der Waals surface area contributed by atoms with Crippen LogP contribution in [0.2, 0.25) is 0 Å². The minimum atomic E-state index is -4.56. The van der Waals surface area contributed by atoms with Crippen molar-refractivity contribution in [3.05, 3.63) is 29.3 Å². The van der Waals surface area contributed by atoms with E-state index in [9.17, 15) is 9.83 Å². The Labute approximate surface area is 244 Å². The Kier molecular flexibility index (Phi) is 21.2. The van der Waals surface area contributed by atoms with Gasteiger partial charge in [0.1, 0.15) is 11.8 Å². The van der Waals surface area contributed by atoms with Crippen LogP contribution in [-0.4, -0.2) is 28.6 Å². The smallest absolute Gasteiger partial charge is 0.469 e. The first-order chi connectivity index (χ1) is 19.2. The highest BCUT2D eigenvalue weighted by atomic mass is 31.2. The number of nitrogens with zero attached hydrogens (tertiary/aromatic N) is 1. The van der Waals surface area contributed by atoms with Gasteiger partial charge in [0.05, 0.1) is 31.0 Å². The largest absolute Gasteiger partial charge is 0.490 e. The number of ether oxygens (including phenoxy) is 2. The Hall–Kier alpha value is -1.42. The molecule has 0 bridgehead atoms. The number of hydrogen-bond acceptors (Lipinski definition) is 5. The van der Waals surface area contributed by atoms with E-state index in [4.69, 9.17) is 23.8 Å². The lowest BCUT2D eigenvalue weighted by Crippen LogP contribution is -2.19. The summed E-state index contributed by atoms with van der Waals surface area (Å²) < 4.78 is 27.7. The monoisotopic (exact) mass is 581 g/mol. The molecular formula is C32H56NO6P. The summed E-state index contributed by atoms with van der Waals surface area (Å²) in [6, 6.07) is 7.43. The third-order valence-electron chi connectivity index (χ3n) is 7.07. The second kappa shape index (κ2) is 23.2. The summed E-state index contributed by atoms with van der Waals surface area (Å²) in [5.41, 5.74) is 1.29. The normalized spacial score (nSPS) is 12.5. The minimum Gasteiger partial charge on any atom is -0.490 e. The highest BCUT2D eigenvalue weighted by Gasteiger charge is 2.19. The Morgan fingerprint density at radius 3 is 1.77 bits per heavy atom. The quantitative estimate of drug-likeness (QED) is 0.0828. The molecule has 8 heteroatoms. The number of hydrogen-bond donors (Lipinski definition) is 2. The van der Waals surface area contributed by atoms with Gasteiger partial charge in [0.2, 0.25) is 0 Å². The lowest BCUT2D eigenvalue weighted by molar-refractivity contribution is -0.00382. The average molecular weight is 582 g/mol. The van der Waals surface area contributed by atoms with Crippen molar-refractivity contribution in [1.82, 2.24) is 0 Å². The highest BCUT2D eigenvalue weighted by Crippen LogP contribution is 2.36. The number of rotatable bonds is 26. The fourth-order valence-electron chi connectivity index (χ4n) is 4.81. The molecule has 0 saturated carbocycles. The predicted molar refractivity (Wildman–Crippen MR) is 162 cm³/mol. The molecular weight excluding hydrogens is 525 g/mol. The molecule has 0 saturated heterocycles. The van der Waals surface area contributed by atoms with Gasteiger partial charge in [-0.05, 0) is 38.0 Å². The maximum absolute atomic E-state index is 11.2. The lowest BCUT2D eigenvalue weighted by Gasteiger charge is -2.19. The molecule has 0 unspecified atom stereocenters. The summed E-state index contributed by atoms with van der Waals surface area (Å²) >= 11 is 0. The Balaban J connectivity index is 2.22. The van der Waals surface area contributed by atoms with E-state index in [1.54, 1.807) is 12.1 Å². The van der Waals surface area contributed by atoms with Gasteiger partial charge in [-0.1, -0.05) is 122 Å². The molecule has 0 spiro atoms. The summed E-state index contributed by atoms with van der Waals surface area (Å²) in [7, 11) is -4.56. The Morgan fingerprint density at radius 2 is 1.32 bits per heavy atom. The summed E-state index contributed by atoms with van der Waals surface area (Å²) in [6.45, 7) is 6.16. The average Bonchev–Trinajstić information content (AvgIpc) is 2.90. The van der Waals surface area contributed by atoms with Crippen LogP contribution < -0.4 is 4.74 Å². The molecule has 0 aliphatic heterocycles. The van der Waals surface area contributed by atoms with Gasteiger partial charge in [-0.25, -0.2) is 4.57 Å². The van der Waals surface area contributed by atoms with Crippen LogP contribution in [-0.2, 0) is 20.4 Å². The first-order valence-corrected chi connectivity index (χ1v) is 17.3. The van der Waals surface area contributed by atoms with Gasteiger partial charge in [0, 0.05) is 0 Å². The molecule has 0 aliphatic carbocycles. The molecule has 40 heavy (non-hydrogen) atoms. The molecule has 0 radical (unpaired) electrons. The fourth-order valence-corrected chi connectivity index (χ4v) is 5.17. The van der Waals surface area contributed by atoms with Crippen molar-refractivity contribution in [2.45, 2.75) is 155 Å². The van der Waals surface area contributed by atoms with Crippen LogP contribution in [0.3, 0.4) is 0 Å². The van der Waals surface area contributed by atoms with Crippen LogP contribution in [0.4, 0.5) is 0 Å². The second-order valence-corrected chi connectivity index (χ2v) is 12.5. The molecule has 0 amide bonds. The van der Waals surface area contributed by atoms with Crippen LogP contribution in [0.1, 0.15) is 147 Å². The van der Waals surface area contributed by atoms with E-state index in [0.717, 1.165) is 24.8 Å². The zero-order valence-electron chi connectivity index (χ0n) is 25.5. The summed E-state index contributed by atoms with van der Waals surface area (Å²) in [6.07, 6.45) is 22.4. The molecule has 2 N–H and O–H groups in total. The first kappa shape index (κ1) is 36.6. The van der Waals surface area contributed by atoms with Crippen LogP contribution >= 0.6 is 7.82 Å². The van der Waals surface area contributed by atoms with Crippen molar-refractivity contribution in [2.75, 3.05) is 6.61 Å². The molecule has 0 aliphatic rings. The number of unbranched alkanes of at least 4 members (excludes halogenated alkanes) is 16. The number of phosphoric ester groups is 1. The molecule has 1 aromatic carbocycles. The van der Waals surface area contributed by atoms with E-state index >= 15 is 0 Å². The number of phosphoric acid groups is 1. The maximum Gasteiger partial charge on any atom is 0.469 e. The van der Waals surface area contributed by atoms with Gasteiger partial charge in [0.25, 0.3) is 0 Å². The Morgan fingerprint density at radius 1 is 0.825 bits per heavy atom. The number of benzene rings is 1. The van der Waals surface area contributed by atoms with Crippen LogP contribution in [0.25, 0.3) is 0 Å². The van der Waals surface area contributed by atoms with Crippen molar-refractivity contribution in [3.8, 4) is 11.8 Å². The van der Waals surface area contributed by atoms with Gasteiger partial charge in [-0.3, -0.25) is 4.52 Å². The fraction of sp³-hybridized carbons (Fsp3) is 0.781. The third-order valence-corrected chi connectivity index (χ3v) is 7.56. The van der Waals surface area contributed by atoms with Crippen molar-refractivity contribution in [3.63, 3.8) is 0 Å². The van der Waals surface area contributed by atoms with Gasteiger partial charge in [0.15, 0.2) is 0 Å². The van der Waals surface area contributed by atoms with Crippen LogP contribution in [0, 0.1) is 11.3 Å². The standard InChI is InChI=1S/C32H56NO6P/c1-4-5-6-7-8-9-10-11-12-13-14-15-16-17-18-19-20-21-31(27-38-40(34,35)36)37-26-29-22-23-30(25-33)32(24-29)39-28(2)3/h22-24,28,31H,4-21,26-27H2,1-3H3,(H2,34,35,36)/t31-/m1/s1. The molecule has 0 aromatic heterocycles. The van der Waals surface area contributed by atoms with Crippen molar-refractivity contribution in [2.24, 2.45) is 0 Å². The van der Waals surface area contributed by atoms with Crippen LogP contribution in [0.15, 0.2) is 18.2 Å². The van der Waals surface area contributed by atoms with Gasteiger partial charge >= 0.3 is 7.82 Å². The van der Waals surface area contributed by atoms with E-state index in [1.807, 2.05) is 19.9 Å². The predicted octanol–water partition coefficient (Wildman–Crippen LogP) is 9.38. The van der Waals surface area contributed by atoms with Crippen molar-refractivity contribution >= 4 is 7.82 Å². The van der Waals surface area contributed by atoms with E-state index in [-0.39, 0.29) is 19.3 Å². The topological polar surface area (TPSA) is 109 Å². The van der Waals surface area contributed by atoms with Crippen molar-refractivity contribution in [1.29, 1.82) is 5.26 Å². The van der Waals surface area contributed by atoms with Gasteiger partial charge < -0.3 is 19.3 Å². The highest BCUT2D eigenvalue weighted by molar-refractivity contribution is 7.46. The van der Waals surface area contributed by atoms with E-state index in [1.165, 1.54) is 89.9 Å². The van der Waals surface area contributed by atoms with Crippen LogP contribution in [0.5, 0.6) is 5.75 Å². The molecule has 230 valence electrons.